The Hall–Kier alpha value is -7.98. The van der Waals surface area contributed by atoms with Crippen molar-refractivity contribution in [2.75, 3.05) is 0 Å². The van der Waals surface area contributed by atoms with Crippen molar-refractivity contribution in [1.82, 2.24) is 9.13 Å². The average molecular weight is 821 g/mol. The molecule has 0 fully saturated rings. The lowest BCUT2D eigenvalue weighted by Crippen LogP contribution is -1.97. The number of nitrogens with zero attached hydrogens (tertiary/aromatic N) is 2. The summed E-state index contributed by atoms with van der Waals surface area (Å²) in [5.74, 6) is 0. The van der Waals surface area contributed by atoms with Crippen molar-refractivity contribution < 1.29 is 0 Å². The van der Waals surface area contributed by atoms with Gasteiger partial charge in [0, 0.05) is 53.1 Å². The molecule has 63 heavy (non-hydrogen) atoms. The van der Waals surface area contributed by atoms with E-state index in [2.05, 4.69) is 222 Å². The molecule has 0 aliphatic rings. The number of hydrogen-bond donors (Lipinski definition) is 0. The minimum atomic E-state index is 1.03. The van der Waals surface area contributed by atoms with Gasteiger partial charge in [-0.25, -0.2) is 0 Å². The van der Waals surface area contributed by atoms with Crippen LogP contribution in [-0.4, -0.2) is 9.13 Å². The average Bonchev–Trinajstić information content (AvgIpc) is 4.01. The van der Waals surface area contributed by atoms with E-state index in [1.54, 1.807) is 0 Å². The van der Waals surface area contributed by atoms with E-state index in [-0.39, 0.29) is 0 Å². The van der Waals surface area contributed by atoms with Crippen molar-refractivity contribution in [1.29, 1.82) is 0 Å². The normalized spacial score (nSPS) is 12.0. The third-order valence-electron chi connectivity index (χ3n) is 12.6. The second-order valence-corrected chi connectivity index (χ2v) is 17.2. The van der Waals surface area contributed by atoms with Gasteiger partial charge in [-0.05, 0) is 105 Å². The lowest BCUT2D eigenvalue weighted by Gasteiger charge is -2.14. The highest BCUT2D eigenvalue weighted by Gasteiger charge is 2.22. The molecule has 0 aliphatic heterocycles. The zero-order valence-electron chi connectivity index (χ0n) is 34.5. The Balaban J connectivity index is 1.13. The maximum Gasteiger partial charge on any atom is 0.0555 e. The first-order valence-corrected chi connectivity index (χ1v) is 22.2. The molecule has 0 saturated carbocycles. The molecule has 0 radical (unpaired) electrons. The van der Waals surface area contributed by atoms with Crippen LogP contribution in [0.3, 0.4) is 0 Å². The topological polar surface area (TPSA) is 9.86 Å². The van der Waals surface area contributed by atoms with Crippen LogP contribution in [0.2, 0.25) is 0 Å². The van der Waals surface area contributed by atoms with Crippen LogP contribution in [0.4, 0.5) is 0 Å². The predicted molar refractivity (Wildman–Crippen MR) is 273 cm³/mol. The van der Waals surface area contributed by atoms with Crippen LogP contribution in [0, 0.1) is 0 Å². The number of aromatic nitrogens is 2. The lowest BCUT2D eigenvalue weighted by molar-refractivity contribution is 1.18. The quantitative estimate of drug-likeness (QED) is 0.135. The molecule has 0 atom stereocenters. The highest BCUT2D eigenvalue weighted by Crippen LogP contribution is 2.48. The Kier molecular flexibility index (Phi) is 8.70. The third kappa shape index (κ3) is 5.93. The van der Waals surface area contributed by atoms with Crippen molar-refractivity contribution in [2.24, 2.45) is 0 Å². The van der Waals surface area contributed by atoms with Gasteiger partial charge in [0.25, 0.3) is 0 Å². The zero-order chi connectivity index (χ0) is 42.0. The summed E-state index contributed by atoms with van der Waals surface area (Å²) in [7, 11) is 0. The first kappa shape index (κ1) is 36.8. The second kappa shape index (κ2) is 14.9. The van der Waals surface area contributed by atoms with E-state index < -0.39 is 0 Å². The monoisotopic (exact) mass is 820 g/mol. The molecule has 0 amide bonds. The molecular formula is C60H40N2S. The van der Waals surface area contributed by atoms with Gasteiger partial charge in [-0.2, -0.15) is 0 Å². The molecule has 296 valence electrons. The fourth-order valence-corrected chi connectivity index (χ4v) is 11.2. The molecule has 9 aromatic carbocycles. The van der Waals surface area contributed by atoms with Crippen LogP contribution in [0.25, 0.3) is 114 Å². The van der Waals surface area contributed by atoms with E-state index in [0.717, 1.165) is 28.1 Å². The van der Waals surface area contributed by atoms with Crippen molar-refractivity contribution >= 4 is 80.7 Å². The van der Waals surface area contributed by atoms with E-state index >= 15 is 0 Å². The summed E-state index contributed by atoms with van der Waals surface area (Å²) >= 11 is 1.93. The van der Waals surface area contributed by atoms with Gasteiger partial charge in [-0.15, -0.1) is 11.3 Å². The van der Waals surface area contributed by atoms with Crippen LogP contribution < -0.4 is 0 Å². The molecule has 0 saturated heterocycles. The number of hydrogen-bond acceptors (Lipinski definition) is 1. The first-order chi connectivity index (χ1) is 31.2. The Labute approximate surface area is 369 Å². The van der Waals surface area contributed by atoms with Gasteiger partial charge in [0.15, 0.2) is 0 Å². The van der Waals surface area contributed by atoms with Gasteiger partial charge >= 0.3 is 0 Å². The summed E-state index contributed by atoms with van der Waals surface area (Å²) in [4.78, 5) is 0. The second-order valence-electron chi connectivity index (χ2n) is 16.2. The Morgan fingerprint density at radius 1 is 0.381 bits per heavy atom. The van der Waals surface area contributed by atoms with Gasteiger partial charge in [0.1, 0.15) is 0 Å². The van der Waals surface area contributed by atoms with E-state index in [0.29, 0.717) is 0 Å². The maximum atomic E-state index is 4.17. The van der Waals surface area contributed by atoms with E-state index in [1.165, 1.54) is 91.6 Å². The van der Waals surface area contributed by atoms with Gasteiger partial charge in [-0.1, -0.05) is 171 Å². The molecule has 0 bridgehead atoms. The van der Waals surface area contributed by atoms with E-state index in [4.69, 9.17) is 0 Å². The van der Waals surface area contributed by atoms with Gasteiger partial charge < -0.3 is 9.13 Å². The predicted octanol–water partition coefficient (Wildman–Crippen LogP) is 17.0. The summed E-state index contributed by atoms with van der Waals surface area (Å²) < 4.78 is 7.54. The SMILES string of the molecule is C=C/C=C(\C=C)c1cc(-c2ccccc2)cc(-n2c3ccccc3c3c4sc5c(ccc6c5c5ccccc5n6-c5cc(-c6ccccc6)cc(-c6ccccc6)c5)c4ccc32)c1. The zero-order valence-corrected chi connectivity index (χ0v) is 35.3. The van der Waals surface area contributed by atoms with Crippen molar-refractivity contribution in [3.63, 3.8) is 0 Å². The van der Waals surface area contributed by atoms with Gasteiger partial charge in [0.2, 0.25) is 0 Å². The summed E-state index contributed by atoms with van der Waals surface area (Å²) in [6, 6.07) is 73.2. The van der Waals surface area contributed by atoms with Crippen LogP contribution in [0.1, 0.15) is 5.56 Å². The molecule has 12 aromatic rings. The number of rotatable bonds is 8. The lowest BCUT2D eigenvalue weighted by atomic mass is 9.97. The fraction of sp³-hybridized carbons (Fsp3) is 0. The number of fused-ring (bicyclic) bond motifs is 11. The number of benzene rings is 9. The van der Waals surface area contributed by atoms with Gasteiger partial charge in [-0.3, -0.25) is 0 Å². The third-order valence-corrected chi connectivity index (χ3v) is 13.9. The van der Waals surface area contributed by atoms with Crippen molar-refractivity contribution in [3.8, 4) is 44.8 Å². The molecule has 2 nitrogen and oxygen atoms in total. The summed E-state index contributed by atoms with van der Waals surface area (Å²) in [6.45, 7) is 8.18. The smallest absolute Gasteiger partial charge is 0.0555 e. The maximum absolute atomic E-state index is 4.17. The Morgan fingerprint density at radius 2 is 0.810 bits per heavy atom. The van der Waals surface area contributed by atoms with E-state index in [1.807, 2.05) is 29.6 Å². The van der Waals surface area contributed by atoms with Crippen LogP contribution in [0.5, 0.6) is 0 Å². The van der Waals surface area contributed by atoms with Crippen molar-refractivity contribution in [2.45, 2.75) is 0 Å². The molecule has 3 heteroatoms. The van der Waals surface area contributed by atoms with E-state index in [9.17, 15) is 0 Å². The van der Waals surface area contributed by atoms with Crippen LogP contribution in [-0.2, 0) is 0 Å². The molecule has 0 N–H and O–H groups in total. The minimum Gasteiger partial charge on any atom is -0.309 e. The fourth-order valence-electron chi connectivity index (χ4n) is 9.80. The Morgan fingerprint density at radius 3 is 1.27 bits per heavy atom. The highest BCUT2D eigenvalue weighted by atomic mass is 32.1. The minimum absolute atomic E-state index is 1.03. The Bertz CT molecular complexity index is 3750. The van der Waals surface area contributed by atoms with Crippen LogP contribution >= 0.6 is 11.3 Å². The van der Waals surface area contributed by atoms with Crippen LogP contribution in [0.15, 0.2) is 232 Å². The standard InChI is InChI=1S/C60H40N2S/c1-3-18-39(4-2)43-33-44(40-19-8-5-9-20-40)36-47(35-43)61-53-27-16-14-25-51(53)57-55(61)31-29-49-50-30-32-56-58(60(50)63-59(49)57)52-26-15-17-28-54(52)62(56)48-37-45(41-21-10-6-11-22-41)34-46(38-48)42-23-12-7-13-24-42/h3-38H,1-2H2/b39-18+. The molecule has 0 aliphatic carbocycles. The molecule has 0 unspecified atom stereocenters. The molecule has 0 spiro atoms. The highest BCUT2D eigenvalue weighted by molar-refractivity contribution is 7.27. The molecule has 12 rings (SSSR count). The molecule has 3 heterocycles. The largest absolute Gasteiger partial charge is 0.309 e. The number of allylic oxidation sites excluding steroid dienone is 4. The first-order valence-electron chi connectivity index (χ1n) is 21.4. The summed E-state index contributed by atoms with van der Waals surface area (Å²) in [5, 5.41) is 7.63. The number of thiophene rings is 1. The van der Waals surface area contributed by atoms with Gasteiger partial charge in [0.05, 0.1) is 22.1 Å². The molecular weight excluding hydrogens is 781 g/mol. The summed E-state index contributed by atoms with van der Waals surface area (Å²) in [6.07, 6.45) is 5.79. The summed E-state index contributed by atoms with van der Waals surface area (Å²) in [5.41, 5.74) is 16.2. The number of para-hydroxylation sites is 2. The van der Waals surface area contributed by atoms with Crippen molar-refractivity contribution in [3.05, 3.63) is 237 Å². The molecule has 3 aromatic heterocycles.